The van der Waals surface area contributed by atoms with Crippen molar-refractivity contribution in [3.63, 3.8) is 0 Å². The number of aromatic nitrogens is 1. The number of hydrogen-bond acceptors (Lipinski definition) is 5. The number of fused-ring (bicyclic) bond motifs is 1. The van der Waals surface area contributed by atoms with Gasteiger partial charge < -0.3 is 0 Å². The Labute approximate surface area is 127 Å². The molecule has 3 rings (SSSR count). The first-order valence-corrected chi connectivity index (χ1v) is 6.97. The zero-order chi connectivity index (χ0) is 15.7. The van der Waals surface area contributed by atoms with Crippen molar-refractivity contribution in [2.24, 2.45) is 0 Å². The molecule has 0 saturated heterocycles. The number of amides is 1. The smallest absolute Gasteiger partial charge is 0.270 e. The van der Waals surface area contributed by atoms with Crippen LogP contribution in [0.15, 0.2) is 42.5 Å². The fourth-order valence-electron chi connectivity index (χ4n) is 1.89. The van der Waals surface area contributed by atoms with Gasteiger partial charge in [-0.05, 0) is 18.2 Å². The number of nitrogens with zero attached hydrogens (tertiary/aromatic N) is 2. The summed E-state index contributed by atoms with van der Waals surface area (Å²) in [6, 6.07) is 9.82. The van der Waals surface area contributed by atoms with Crippen LogP contribution in [0.1, 0.15) is 10.4 Å². The third kappa shape index (κ3) is 2.63. The van der Waals surface area contributed by atoms with E-state index in [1.54, 1.807) is 6.07 Å². The van der Waals surface area contributed by atoms with Crippen LogP contribution < -0.4 is 5.32 Å². The number of carbonyl (C=O) groups is 1. The second kappa shape index (κ2) is 5.49. The molecule has 0 radical (unpaired) electrons. The number of halogens is 1. The highest BCUT2D eigenvalue weighted by molar-refractivity contribution is 7.22. The highest BCUT2D eigenvalue weighted by atomic mass is 32.1. The summed E-state index contributed by atoms with van der Waals surface area (Å²) in [6.45, 7) is 0. The molecule has 8 heteroatoms. The number of nitro benzene ring substituents is 1. The summed E-state index contributed by atoms with van der Waals surface area (Å²) in [5.41, 5.74) is 0.385. The number of anilines is 1. The van der Waals surface area contributed by atoms with Gasteiger partial charge in [-0.25, -0.2) is 9.37 Å². The normalized spacial score (nSPS) is 10.6. The van der Waals surface area contributed by atoms with Gasteiger partial charge >= 0.3 is 0 Å². The van der Waals surface area contributed by atoms with Crippen LogP contribution in [0.5, 0.6) is 0 Å². The quantitative estimate of drug-likeness (QED) is 0.591. The van der Waals surface area contributed by atoms with Crippen LogP contribution in [0.2, 0.25) is 0 Å². The largest absolute Gasteiger partial charge is 0.298 e. The lowest BCUT2D eigenvalue weighted by Gasteiger charge is -2.02. The van der Waals surface area contributed by atoms with Crippen molar-refractivity contribution in [2.75, 3.05) is 5.32 Å². The van der Waals surface area contributed by atoms with Gasteiger partial charge in [0.15, 0.2) is 5.13 Å². The molecule has 1 amide bonds. The number of hydrogen-bond donors (Lipinski definition) is 1. The Morgan fingerprint density at radius 1 is 1.27 bits per heavy atom. The number of non-ortho nitro benzene ring substituents is 1. The molecule has 2 aromatic carbocycles. The zero-order valence-electron chi connectivity index (χ0n) is 10.9. The van der Waals surface area contributed by atoms with E-state index in [9.17, 15) is 19.3 Å². The third-order valence-electron chi connectivity index (χ3n) is 2.92. The molecule has 1 aromatic heterocycles. The van der Waals surface area contributed by atoms with Crippen molar-refractivity contribution >= 4 is 38.3 Å². The molecule has 1 heterocycles. The average Bonchev–Trinajstić information content (AvgIpc) is 2.88. The molecule has 0 unspecified atom stereocenters. The molecule has 110 valence electrons. The zero-order valence-corrected chi connectivity index (χ0v) is 11.8. The van der Waals surface area contributed by atoms with Gasteiger partial charge in [0.2, 0.25) is 0 Å². The van der Waals surface area contributed by atoms with Gasteiger partial charge in [-0.2, -0.15) is 0 Å². The number of thiazole rings is 1. The summed E-state index contributed by atoms with van der Waals surface area (Å²) >= 11 is 1.09. The first-order chi connectivity index (χ1) is 10.5. The van der Waals surface area contributed by atoms with Crippen molar-refractivity contribution < 1.29 is 14.1 Å². The SMILES string of the molecule is O=C(Nc1nc2ccc([N+](=O)[O-])cc2s1)c1ccccc1F. The molecular weight excluding hydrogens is 309 g/mol. The Balaban J connectivity index is 1.89. The molecule has 0 fully saturated rings. The van der Waals surface area contributed by atoms with Gasteiger partial charge in [0, 0.05) is 12.1 Å². The monoisotopic (exact) mass is 317 g/mol. The fourth-order valence-corrected chi connectivity index (χ4v) is 2.78. The molecule has 3 aromatic rings. The fraction of sp³-hybridized carbons (Fsp3) is 0. The van der Waals surface area contributed by atoms with E-state index in [2.05, 4.69) is 10.3 Å². The van der Waals surface area contributed by atoms with E-state index in [1.165, 1.54) is 36.4 Å². The average molecular weight is 317 g/mol. The van der Waals surface area contributed by atoms with Crippen molar-refractivity contribution in [3.05, 3.63) is 64.0 Å². The number of nitro groups is 1. The summed E-state index contributed by atoms with van der Waals surface area (Å²) in [5.74, 6) is -1.25. The van der Waals surface area contributed by atoms with E-state index in [0.717, 1.165) is 11.3 Å². The van der Waals surface area contributed by atoms with Crippen LogP contribution in [0, 0.1) is 15.9 Å². The van der Waals surface area contributed by atoms with Gasteiger partial charge in [0.1, 0.15) is 5.82 Å². The number of carbonyl (C=O) groups excluding carboxylic acids is 1. The first kappa shape index (κ1) is 14.1. The van der Waals surface area contributed by atoms with Gasteiger partial charge in [-0.15, -0.1) is 0 Å². The Morgan fingerprint density at radius 2 is 2.05 bits per heavy atom. The lowest BCUT2D eigenvalue weighted by molar-refractivity contribution is -0.384. The molecule has 0 atom stereocenters. The minimum Gasteiger partial charge on any atom is -0.298 e. The summed E-state index contributed by atoms with van der Waals surface area (Å²) in [7, 11) is 0. The van der Waals surface area contributed by atoms with E-state index in [-0.39, 0.29) is 16.4 Å². The van der Waals surface area contributed by atoms with E-state index in [0.29, 0.717) is 10.2 Å². The maximum atomic E-state index is 13.5. The van der Waals surface area contributed by atoms with Gasteiger partial charge in [-0.3, -0.25) is 20.2 Å². The molecule has 6 nitrogen and oxygen atoms in total. The van der Waals surface area contributed by atoms with Crippen LogP contribution in [-0.2, 0) is 0 Å². The van der Waals surface area contributed by atoms with Crippen molar-refractivity contribution in [1.82, 2.24) is 4.98 Å². The van der Waals surface area contributed by atoms with Gasteiger partial charge in [-0.1, -0.05) is 23.5 Å². The van der Waals surface area contributed by atoms with E-state index in [1.807, 2.05) is 0 Å². The van der Waals surface area contributed by atoms with Crippen LogP contribution >= 0.6 is 11.3 Å². The summed E-state index contributed by atoms with van der Waals surface area (Å²) in [6.07, 6.45) is 0. The van der Waals surface area contributed by atoms with E-state index < -0.39 is 16.6 Å². The molecular formula is C14H8FN3O3S. The molecule has 0 bridgehead atoms. The Hall–Kier alpha value is -2.87. The Kier molecular flexibility index (Phi) is 3.51. The molecule has 0 aliphatic heterocycles. The van der Waals surface area contributed by atoms with Crippen molar-refractivity contribution in [2.45, 2.75) is 0 Å². The van der Waals surface area contributed by atoms with Crippen molar-refractivity contribution in [1.29, 1.82) is 0 Å². The molecule has 0 aliphatic rings. The number of nitrogens with one attached hydrogen (secondary N) is 1. The molecule has 0 saturated carbocycles. The standard InChI is InChI=1S/C14H8FN3O3S/c15-10-4-2-1-3-9(10)13(19)17-14-16-11-6-5-8(18(20)21)7-12(11)22-14/h1-7H,(H,16,17,19). The van der Waals surface area contributed by atoms with Crippen LogP contribution in [0.3, 0.4) is 0 Å². The van der Waals surface area contributed by atoms with Gasteiger partial charge in [0.05, 0.1) is 20.7 Å². The van der Waals surface area contributed by atoms with Crippen LogP contribution in [0.25, 0.3) is 10.2 Å². The number of benzene rings is 2. The second-order valence-electron chi connectivity index (χ2n) is 4.36. The lowest BCUT2D eigenvalue weighted by atomic mass is 10.2. The third-order valence-corrected chi connectivity index (χ3v) is 3.86. The molecule has 1 N–H and O–H groups in total. The van der Waals surface area contributed by atoms with Crippen LogP contribution in [0.4, 0.5) is 15.2 Å². The Bertz CT molecular complexity index is 894. The predicted octanol–water partition coefficient (Wildman–Crippen LogP) is 3.60. The van der Waals surface area contributed by atoms with Gasteiger partial charge in [0.25, 0.3) is 11.6 Å². The highest BCUT2D eigenvalue weighted by Gasteiger charge is 2.15. The first-order valence-electron chi connectivity index (χ1n) is 6.15. The number of rotatable bonds is 3. The molecule has 22 heavy (non-hydrogen) atoms. The highest BCUT2D eigenvalue weighted by Crippen LogP contribution is 2.29. The maximum absolute atomic E-state index is 13.5. The lowest BCUT2D eigenvalue weighted by Crippen LogP contribution is -2.13. The topological polar surface area (TPSA) is 85.1 Å². The Morgan fingerprint density at radius 3 is 2.77 bits per heavy atom. The maximum Gasteiger partial charge on any atom is 0.270 e. The van der Waals surface area contributed by atoms with E-state index >= 15 is 0 Å². The van der Waals surface area contributed by atoms with Crippen LogP contribution in [-0.4, -0.2) is 15.8 Å². The van der Waals surface area contributed by atoms with E-state index in [4.69, 9.17) is 0 Å². The van der Waals surface area contributed by atoms with Crippen molar-refractivity contribution in [3.8, 4) is 0 Å². The predicted molar refractivity (Wildman–Crippen MR) is 80.6 cm³/mol. The minimum absolute atomic E-state index is 0.0527. The summed E-state index contributed by atoms with van der Waals surface area (Å²) in [5, 5.41) is 13.5. The minimum atomic E-state index is -0.628. The summed E-state index contributed by atoms with van der Waals surface area (Å²) in [4.78, 5) is 26.4. The molecule has 0 aliphatic carbocycles. The summed E-state index contributed by atoms with van der Waals surface area (Å²) < 4.78 is 14.1. The molecule has 0 spiro atoms. The second-order valence-corrected chi connectivity index (χ2v) is 5.39.